The lowest BCUT2D eigenvalue weighted by Crippen LogP contribution is -2.44. The monoisotopic (exact) mass is 1450 g/mol. The molecule has 0 saturated heterocycles. The molecule has 536 valence electrons. The Kier molecular flexibility index (Phi) is 41.1. The van der Waals surface area contributed by atoms with E-state index in [0.29, 0.717) is 54.7 Å². The van der Waals surface area contributed by atoms with E-state index < -0.39 is 65.0 Å². The topological polar surface area (TPSA) is 336 Å². The molecule has 0 spiro atoms. The fourth-order valence-corrected chi connectivity index (χ4v) is 37.0. The van der Waals surface area contributed by atoms with Gasteiger partial charge in [-0.3, -0.25) is 45.2 Å². The molecular weight excluding hydrogens is 1340 g/mol. The molecule has 0 heterocycles. The first kappa shape index (κ1) is 88.0. The number of halogens is 1. The number of nitro groups is 2. The number of nitrogens with two attached hydrogens (primary N) is 4. The van der Waals surface area contributed by atoms with Crippen LogP contribution in [0.25, 0.3) is 0 Å². The van der Waals surface area contributed by atoms with Crippen molar-refractivity contribution in [1.29, 1.82) is 0 Å². The summed E-state index contributed by atoms with van der Waals surface area (Å²) in [7, 11) is -10.2. The molecule has 0 aliphatic heterocycles. The van der Waals surface area contributed by atoms with Crippen LogP contribution in [-0.2, 0) is 12.3 Å². The highest BCUT2D eigenvalue weighted by atomic mass is 35.5. The van der Waals surface area contributed by atoms with Crippen LogP contribution in [0.4, 0.5) is 22.7 Å². The van der Waals surface area contributed by atoms with E-state index in [1.165, 1.54) is 48.5 Å². The largest absolute Gasteiger partial charge is 0.478 e. The predicted molar refractivity (Wildman–Crippen MR) is 410 cm³/mol. The van der Waals surface area contributed by atoms with E-state index in [2.05, 4.69) is 99.8 Å². The zero-order valence-electron chi connectivity index (χ0n) is 58.7. The van der Waals surface area contributed by atoms with Gasteiger partial charge in [-0.1, -0.05) is 25.1 Å². The maximum Gasteiger partial charge on any atom is 0.269 e. The Morgan fingerprint density at radius 1 is 0.427 bits per heavy atom. The van der Waals surface area contributed by atoms with Crippen molar-refractivity contribution in [3.05, 3.63) is 164 Å². The molecule has 12 N–H and O–H groups in total. The van der Waals surface area contributed by atoms with E-state index in [0.717, 1.165) is 106 Å². The number of anilines is 2. The first-order valence-corrected chi connectivity index (χ1v) is 51.8. The zero-order chi connectivity index (χ0) is 71.3. The summed E-state index contributed by atoms with van der Waals surface area (Å²) < 4.78 is 31.0. The minimum Gasteiger partial charge on any atom is -0.478 e. The quantitative estimate of drug-likeness (QED) is 0.00345. The van der Waals surface area contributed by atoms with Crippen molar-refractivity contribution in [1.82, 2.24) is 21.3 Å². The zero-order valence-corrected chi connectivity index (χ0v) is 65.4. The van der Waals surface area contributed by atoms with Crippen LogP contribution in [0.1, 0.15) is 82.6 Å². The third-order valence-corrected chi connectivity index (χ3v) is 37.6. The van der Waals surface area contributed by atoms with Crippen LogP contribution in [-0.4, -0.2) is 130 Å². The van der Waals surface area contributed by atoms with Gasteiger partial charge in [0.05, 0.1) is 9.85 Å². The number of nitro benzene ring substituents is 2. The van der Waals surface area contributed by atoms with Crippen LogP contribution in [0.15, 0.2) is 121 Å². The molecular formula is C67H115ClN10O12Si6. The molecule has 0 saturated carbocycles. The number of nitrogens with one attached hydrogen (secondary N) is 4. The molecule has 0 bridgehead atoms. The van der Waals surface area contributed by atoms with Crippen LogP contribution in [0.3, 0.4) is 0 Å². The predicted octanol–water partition coefficient (Wildman–Crippen LogP) is 14.6. The summed E-state index contributed by atoms with van der Waals surface area (Å²) in [5, 5.41) is 33.5. The van der Waals surface area contributed by atoms with Crippen molar-refractivity contribution < 1.29 is 46.0 Å². The molecule has 0 radical (unpaired) electrons. The van der Waals surface area contributed by atoms with Crippen molar-refractivity contribution >= 4 is 101 Å². The van der Waals surface area contributed by atoms with E-state index >= 15 is 0 Å². The van der Waals surface area contributed by atoms with Gasteiger partial charge in [-0.2, -0.15) is 0 Å². The number of ether oxygens (including phenoxy) is 2. The maximum atomic E-state index is 12.3. The van der Waals surface area contributed by atoms with Gasteiger partial charge in [0.1, 0.15) is 25.0 Å². The van der Waals surface area contributed by atoms with Gasteiger partial charge in [-0.05, 0) is 283 Å². The van der Waals surface area contributed by atoms with Gasteiger partial charge in [-0.25, -0.2) is 0 Å². The number of nitrogens with zero attached hydrogens (tertiary/aromatic N) is 2. The normalized spacial score (nSPS) is 11.6. The van der Waals surface area contributed by atoms with E-state index in [1.807, 2.05) is 43.3 Å². The summed E-state index contributed by atoms with van der Waals surface area (Å²) in [6.07, 6.45) is 5.95. The van der Waals surface area contributed by atoms with Crippen LogP contribution in [0, 0.1) is 27.2 Å². The number of aryl methyl sites for hydroxylation is 1. The molecule has 0 aliphatic carbocycles. The molecule has 0 fully saturated rings. The summed E-state index contributed by atoms with van der Waals surface area (Å²) in [5.74, 6) is 1.09. The second-order valence-corrected chi connectivity index (χ2v) is 53.9. The highest BCUT2D eigenvalue weighted by Gasteiger charge is 2.34. The van der Waals surface area contributed by atoms with Gasteiger partial charge in [0.2, 0.25) is 0 Å². The molecule has 5 aromatic rings. The molecule has 0 aromatic heterocycles. The van der Waals surface area contributed by atoms with Crippen LogP contribution >= 0.6 is 11.6 Å². The average Bonchev–Trinajstić information content (AvgIpc) is 1.08. The Morgan fingerprint density at radius 2 is 0.698 bits per heavy atom. The second kappa shape index (κ2) is 44.8. The highest BCUT2D eigenvalue weighted by molar-refractivity contribution is 6.86. The van der Waals surface area contributed by atoms with Crippen molar-refractivity contribution in [2.24, 2.45) is 11.5 Å². The maximum absolute atomic E-state index is 12.3. The number of amides is 2. The first-order valence-electron chi connectivity index (χ1n) is 32.7. The third kappa shape index (κ3) is 40.7. The van der Waals surface area contributed by atoms with Crippen molar-refractivity contribution in [3.63, 3.8) is 0 Å². The summed E-state index contributed by atoms with van der Waals surface area (Å²) in [5.41, 5.74) is 26.5. The summed E-state index contributed by atoms with van der Waals surface area (Å²) in [4.78, 5) is 55.5. The number of carbonyl (C=O) groups excluding carboxylic acids is 3. The van der Waals surface area contributed by atoms with Crippen molar-refractivity contribution in [3.8, 4) is 11.5 Å². The fourth-order valence-electron chi connectivity index (χ4n) is 10.2. The minimum absolute atomic E-state index is 0. The lowest BCUT2D eigenvalue weighted by atomic mass is 10.2. The van der Waals surface area contributed by atoms with Gasteiger partial charge in [0, 0.05) is 65.4 Å². The van der Waals surface area contributed by atoms with Gasteiger partial charge >= 0.3 is 0 Å². The highest BCUT2D eigenvalue weighted by Crippen LogP contribution is 2.27. The third-order valence-electron chi connectivity index (χ3n) is 14.8. The number of rotatable bonds is 39. The SMILES string of the molecule is C.C[Si](C)(CCCN)O[Si](C)(C)CCCN.C[Si](C)(CCCNCOc1ccc(N)cc1)O[Si](C)(C)CCCNC(=O)c1ccc(N)cc1.C[Si](C)(CCCNCOc1ccc([N+](=O)[O-])cc1)O[Si](C)(C)CCCNC(=O)c1ccc([N+](=O)[O-])cc1.Cc1ccc(C(=O)Cl)cc1. The minimum atomic E-state index is -1.90. The van der Waals surface area contributed by atoms with Gasteiger partial charge in [0.25, 0.3) is 28.4 Å². The van der Waals surface area contributed by atoms with E-state index in [1.54, 1.807) is 48.5 Å². The number of nitrogen functional groups attached to an aromatic ring is 2. The Hall–Kier alpha value is -5.98. The van der Waals surface area contributed by atoms with E-state index in [4.69, 9.17) is 56.4 Å². The lowest BCUT2D eigenvalue weighted by Gasteiger charge is -2.34. The molecule has 0 unspecified atom stereocenters. The van der Waals surface area contributed by atoms with Gasteiger partial charge in [-0.15, -0.1) is 0 Å². The smallest absolute Gasteiger partial charge is 0.269 e. The number of hydrogen-bond acceptors (Lipinski definition) is 18. The molecule has 96 heavy (non-hydrogen) atoms. The number of carbonyl (C=O) groups is 3. The van der Waals surface area contributed by atoms with Crippen LogP contribution in [0.2, 0.25) is 115 Å². The van der Waals surface area contributed by atoms with E-state index in [-0.39, 0.29) is 30.6 Å². The number of benzene rings is 5. The molecule has 5 aromatic carbocycles. The molecule has 0 aliphatic rings. The molecule has 5 rings (SSSR count). The fraction of sp³-hybridized carbons (Fsp3) is 0.507. The summed E-state index contributed by atoms with van der Waals surface area (Å²) in [6, 6.07) is 39.5. The van der Waals surface area contributed by atoms with Gasteiger partial charge in [0.15, 0.2) is 49.9 Å². The first-order chi connectivity index (χ1) is 44.5. The molecule has 0 atom stereocenters. The second-order valence-electron chi connectivity index (χ2n) is 27.0. The number of hydrogen-bond donors (Lipinski definition) is 8. The Balaban J connectivity index is 0.000000707. The Labute approximate surface area is 583 Å². The van der Waals surface area contributed by atoms with Crippen molar-refractivity contribution in [2.75, 3.05) is 64.2 Å². The average molecular weight is 1460 g/mol. The number of non-ortho nitro benzene ring substituents is 2. The van der Waals surface area contributed by atoms with Crippen molar-refractivity contribution in [2.45, 2.75) is 168 Å². The lowest BCUT2D eigenvalue weighted by molar-refractivity contribution is -0.385. The van der Waals surface area contributed by atoms with Gasteiger partial charge < -0.3 is 55.4 Å². The summed E-state index contributed by atoms with van der Waals surface area (Å²) in [6.45, 7) is 34.4. The standard InChI is InChI=1S/C24H36N4O7Si2.C24H40N4O3Si2.C10H28N2OSi2.C8H7ClO.CH4/c1-36(2,17-5-15-25-19-34-23-13-11-22(12-14-23)28(32)33)35-37(3,4)18-6-16-26-24(29)20-7-9-21(10-8-20)27(30)31;1-32(2,17-5-15-27-19-30-23-13-11-22(26)12-14-23)31-33(3,4)18-6-16-28-24(29)20-7-9-21(25)10-8-20;1-14(2,9-5-7-11)13-15(3,4)10-6-8-12;1-6-2-4-7(5-3-6)8(9)10;/h7-14,25H,5-6,15-19H2,1-4H3,(H,26,29);7-14,27H,5-6,15-19,25-26H2,1-4H3,(H,28,29);5-12H2,1-4H3;2-5H,1H3;1H4. The van der Waals surface area contributed by atoms with E-state index in [9.17, 15) is 34.6 Å². The van der Waals surface area contributed by atoms with Crippen LogP contribution < -0.4 is 53.7 Å². The molecule has 22 nitrogen and oxygen atoms in total. The Bertz CT molecular complexity index is 3030. The van der Waals surface area contributed by atoms with Crippen LogP contribution in [0.5, 0.6) is 11.5 Å². The summed E-state index contributed by atoms with van der Waals surface area (Å²) >= 11 is 5.22. The Morgan fingerprint density at radius 3 is 1.01 bits per heavy atom. The molecule has 29 heteroatoms. The molecule has 2 amide bonds.